The Labute approximate surface area is 162 Å². The first kappa shape index (κ1) is 18.8. The summed E-state index contributed by atoms with van der Waals surface area (Å²) in [6.07, 6.45) is 1.09. The largest absolute Gasteiger partial charge is 0.355 e. The topological polar surface area (TPSA) is 71.1 Å². The molecule has 2 amide bonds. The molecule has 0 aliphatic carbocycles. The summed E-state index contributed by atoms with van der Waals surface area (Å²) in [5.74, 6) is -0.0705. The number of hydrogen-bond acceptors (Lipinski definition) is 4. The Morgan fingerprint density at radius 1 is 1.04 bits per heavy atom. The highest BCUT2D eigenvalue weighted by molar-refractivity contribution is 7.13. The van der Waals surface area contributed by atoms with Gasteiger partial charge < -0.3 is 10.6 Å². The standard InChI is InChI=1S/C21H21N3O2S/c1-15(25)23-18-9-7-17(8-10-18)21-24-19(14-27-21)11-12-22-20(26)13-16-5-3-2-4-6-16/h2-10,14H,11-13H2,1H3,(H,22,26)(H,23,25). The first-order valence-corrected chi connectivity index (χ1v) is 9.61. The Kier molecular flexibility index (Phi) is 6.33. The molecule has 0 atom stereocenters. The van der Waals surface area contributed by atoms with E-state index in [9.17, 15) is 9.59 Å². The van der Waals surface area contributed by atoms with Gasteiger partial charge in [0.25, 0.3) is 0 Å². The summed E-state index contributed by atoms with van der Waals surface area (Å²) in [6, 6.07) is 17.3. The maximum atomic E-state index is 12.0. The fraction of sp³-hybridized carbons (Fsp3) is 0.190. The minimum atomic E-state index is -0.0893. The lowest BCUT2D eigenvalue weighted by Gasteiger charge is -2.04. The Balaban J connectivity index is 1.49. The second-order valence-corrected chi connectivity index (χ2v) is 7.02. The van der Waals surface area contributed by atoms with Gasteiger partial charge in [-0.1, -0.05) is 30.3 Å². The molecular formula is C21H21N3O2S. The highest BCUT2D eigenvalue weighted by Gasteiger charge is 2.07. The number of benzene rings is 2. The van der Waals surface area contributed by atoms with Crippen molar-refractivity contribution in [3.8, 4) is 10.6 Å². The third-order valence-electron chi connectivity index (χ3n) is 3.91. The molecule has 1 aromatic heterocycles. The number of amides is 2. The molecule has 3 rings (SSSR count). The number of anilines is 1. The SMILES string of the molecule is CC(=O)Nc1ccc(-c2nc(CCNC(=O)Cc3ccccc3)cs2)cc1. The summed E-state index contributed by atoms with van der Waals surface area (Å²) >= 11 is 1.57. The van der Waals surface area contributed by atoms with Gasteiger partial charge >= 0.3 is 0 Å². The zero-order valence-electron chi connectivity index (χ0n) is 15.1. The van der Waals surface area contributed by atoms with Crippen LogP contribution in [-0.4, -0.2) is 23.3 Å². The normalized spacial score (nSPS) is 10.4. The number of hydrogen-bond donors (Lipinski definition) is 2. The van der Waals surface area contributed by atoms with E-state index in [0.717, 1.165) is 27.5 Å². The van der Waals surface area contributed by atoms with Crippen molar-refractivity contribution in [1.29, 1.82) is 0 Å². The van der Waals surface area contributed by atoms with Gasteiger partial charge in [-0.3, -0.25) is 9.59 Å². The maximum Gasteiger partial charge on any atom is 0.224 e. The molecule has 0 fully saturated rings. The first-order valence-electron chi connectivity index (χ1n) is 8.73. The maximum absolute atomic E-state index is 12.0. The number of aromatic nitrogens is 1. The van der Waals surface area contributed by atoms with Gasteiger partial charge in [0, 0.05) is 36.5 Å². The molecule has 6 heteroatoms. The van der Waals surface area contributed by atoms with Crippen LogP contribution in [0.4, 0.5) is 5.69 Å². The molecule has 1 heterocycles. The number of thiazole rings is 1. The Morgan fingerprint density at radius 3 is 2.48 bits per heavy atom. The molecule has 3 aromatic rings. The van der Waals surface area contributed by atoms with Gasteiger partial charge in [0.15, 0.2) is 0 Å². The molecule has 0 bridgehead atoms. The van der Waals surface area contributed by atoms with Crippen molar-refractivity contribution in [2.45, 2.75) is 19.8 Å². The van der Waals surface area contributed by atoms with Crippen molar-refractivity contribution in [3.63, 3.8) is 0 Å². The Hall–Kier alpha value is -2.99. The highest BCUT2D eigenvalue weighted by atomic mass is 32.1. The van der Waals surface area contributed by atoms with Gasteiger partial charge in [0.1, 0.15) is 5.01 Å². The summed E-state index contributed by atoms with van der Waals surface area (Å²) in [5.41, 5.74) is 3.74. The highest BCUT2D eigenvalue weighted by Crippen LogP contribution is 2.25. The lowest BCUT2D eigenvalue weighted by atomic mass is 10.1. The van der Waals surface area contributed by atoms with Gasteiger partial charge in [-0.25, -0.2) is 4.98 Å². The van der Waals surface area contributed by atoms with Crippen molar-refractivity contribution >= 4 is 28.8 Å². The van der Waals surface area contributed by atoms with Gasteiger partial charge in [-0.2, -0.15) is 0 Å². The van der Waals surface area contributed by atoms with Crippen LogP contribution in [0.2, 0.25) is 0 Å². The van der Waals surface area contributed by atoms with Crippen LogP contribution in [0, 0.1) is 0 Å². The summed E-state index contributed by atoms with van der Waals surface area (Å²) in [7, 11) is 0. The second kappa shape index (κ2) is 9.09. The van der Waals surface area contributed by atoms with Crippen molar-refractivity contribution in [1.82, 2.24) is 10.3 Å². The molecule has 0 radical (unpaired) electrons. The quantitative estimate of drug-likeness (QED) is 0.658. The number of nitrogens with one attached hydrogen (secondary N) is 2. The third kappa shape index (κ3) is 5.76. The molecule has 0 spiro atoms. The minimum Gasteiger partial charge on any atom is -0.355 e. The lowest BCUT2D eigenvalue weighted by molar-refractivity contribution is -0.120. The first-order chi connectivity index (χ1) is 13.1. The fourth-order valence-corrected chi connectivity index (χ4v) is 3.49. The fourth-order valence-electron chi connectivity index (χ4n) is 2.63. The average molecular weight is 379 g/mol. The summed E-state index contributed by atoms with van der Waals surface area (Å²) in [5, 5.41) is 8.63. The van der Waals surface area contributed by atoms with E-state index in [1.807, 2.05) is 60.0 Å². The summed E-state index contributed by atoms with van der Waals surface area (Å²) in [4.78, 5) is 27.7. The van der Waals surface area contributed by atoms with Crippen molar-refractivity contribution in [3.05, 3.63) is 71.2 Å². The molecule has 2 N–H and O–H groups in total. The third-order valence-corrected chi connectivity index (χ3v) is 4.85. The molecule has 2 aromatic carbocycles. The molecule has 0 unspecified atom stereocenters. The van der Waals surface area contributed by atoms with Crippen LogP contribution in [-0.2, 0) is 22.4 Å². The van der Waals surface area contributed by atoms with Crippen LogP contribution >= 0.6 is 11.3 Å². The van der Waals surface area contributed by atoms with Gasteiger partial charge in [0.05, 0.1) is 12.1 Å². The monoisotopic (exact) mass is 379 g/mol. The summed E-state index contributed by atoms with van der Waals surface area (Å²) < 4.78 is 0. The zero-order valence-corrected chi connectivity index (χ0v) is 15.9. The van der Waals surface area contributed by atoms with Crippen LogP contribution < -0.4 is 10.6 Å². The molecule has 138 valence electrons. The zero-order chi connectivity index (χ0) is 19.1. The van der Waals surface area contributed by atoms with Crippen molar-refractivity contribution in [2.24, 2.45) is 0 Å². The van der Waals surface area contributed by atoms with Crippen LogP contribution in [0.15, 0.2) is 60.0 Å². The van der Waals surface area contributed by atoms with Crippen LogP contribution in [0.5, 0.6) is 0 Å². The van der Waals surface area contributed by atoms with Crippen LogP contribution in [0.25, 0.3) is 10.6 Å². The number of rotatable bonds is 7. The van der Waals surface area contributed by atoms with E-state index in [2.05, 4.69) is 15.6 Å². The molecule has 5 nitrogen and oxygen atoms in total. The van der Waals surface area contributed by atoms with E-state index < -0.39 is 0 Å². The number of nitrogens with zero attached hydrogens (tertiary/aromatic N) is 1. The minimum absolute atomic E-state index is 0.0187. The summed E-state index contributed by atoms with van der Waals surface area (Å²) in [6.45, 7) is 2.05. The molecule has 0 saturated heterocycles. The molecule has 27 heavy (non-hydrogen) atoms. The predicted octanol–water partition coefficient (Wildman–Crippen LogP) is 3.67. The van der Waals surface area contributed by atoms with E-state index in [0.29, 0.717) is 19.4 Å². The van der Waals surface area contributed by atoms with Crippen molar-refractivity contribution in [2.75, 3.05) is 11.9 Å². The average Bonchev–Trinajstić information content (AvgIpc) is 3.11. The lowest BCUT2D eigenvalue weighted by Crippen LogP contribution is -2.27. The van der Waals surface area contributed by atoms with E-state index in [1.54, 1.807) is 11.3 Å². The van der Waals surface area contributed by atoms with Gasteiger partial charge in [-0.05, 0) is 29.8 Å². The number of carbonyl (C=O) groups excluding carboxylic acids is 2. The van der Waals surface area contributed by atoms with E-state index in [4.69, 9.17) is 0 Å². The van der Waals surface area contributed by atoms with Crippen molar-refractivity contribution < 1.29 is 9.59 Å². The van der Waals surface area contributed by atoms with Crippen LogP contribution in [0.3, 0.4) is 0 Å². The van der Waals surface area contributed by atoms with E-state index in [-0.39, 0.29) is 11.8 Å². The molecule has 0 aliphatic rings. The molecular weight excluding hydrogens is 358 g/mol. The molecule has 0 aliphatic heterocycles. The Morgan fingerprint density at radius 2 is 1.78 bits per heavy atom. The smallest absolute Gasteiger partial charge is 0.224 e. The Bertz CT molecular complexity index is 905. The molecule has 0 saturated carbocycles. The predicted molar refractivity (Wildman–Crippen MR) is 109 cm³/mol. The van der Waals surface area contributed by atoms with Crippen LogP contribution in [0.1, 0.15) is 18.2 Å². The second-order valence-electron chi connectivity index (χ2n) is 6.16. The van der Waals surface area contributed by atoms with Gasteiger partial charge in [0.2, 0.25) is 11.8 Å². The van der Waals surface area contributed by atoms with E-state index >= 15 is 0 Å². The number of carbonyl (C=O) groups is 2. The van der Waals surface area contributed by atoms with E-state index in [1.165, 1.54) is 6.92 Å². The van der Waals surface area contributed by atoms with Gasteiger partial charge in [-0.15, -0.1) is 11.3 Å².